The van der Waals surface area contributed by atoms with Crippen LogP contribution >= 0.6 is 0 Å². The van der Waals surface area contributed by atoms with E-state index in [1.807, 2.05) is 26.4 Å². The SMILES string of the molecule is CC1(C)OC(C)(C)C(C2c3ccccc3-c3cncn32)C1O. The molecule has 2 aromatic rings. The fourth-order valence-corrected chi connectivity index (χ4v) is 4.41. The molecule has 4 nitrogen and oxygen atoms in total. The number of nitrogens with zero attached hydrogens (tertiary/aromatic N) is 2. The topological polar surface area (TPSA) is 47.3 Å². The van der Waals surface area contributed by atoms with E-state index in [1.54, 1.807) is 0 Å². The molecule has 0 radical (unpaired) electrons. The Bertz CT molecular complexity index is 732. The molecule has 0 amide bonds. The molecule has 3 heterocycles. The molecule has 1 N–H and O–H groups in total. The van der Waals surface area contributed by atoms with E-state index in [0.717, 1.165) is 5.69 Å². The van der Waals surface area contributed by atoms with Crippen LogP contribution in [-0.2, 0) is 4.74 Å². The Labute approximate surface area is 130 Å². The third-order valence-electron chi connectivity index (χ3n) is 5.24. The maximum absolute atomic E-state index is 10.9. The molecular weight excluding hydrogens is 276 g/mol. The number of aliphatic hydroxyl groups is 1. The van der Waals surface area contributed by atoms with Crippen LogP contribution in [0.25, 0.3) is 11.3 Å². The zero-order chi connectivity index (χ0) is 15.7. The van der Waals surface area contributed by atoms with Gasteiger partial charge < -0.3 is 14.4 Å². The number of aromatic nitrogens is 2. The van der Waals surface area contributed by atoms with Gasteiger partial charge in [0.05, 0.1) is 41.6 Å². The number of fused-ring (bicyclic) bond motifs is 3. The van der Waals surface area contributed by atoms with Crippen molar-refractivity contribution in [3.63, 3.8) is 0 Å². The van der Waals surface area contributed by atoms with Gasteiger partial charge in [0.25, 0.3) is 0 Å². The number of aliphatic hydroxyl groups excluding tert-OH is 1. The van der Waals surface area contributed by atoms with E-state index < -0.39 is 17.3 Å². The highest BCUT2D eigenvalue weighted by atomic mass is 16.5. The van der Waals surface area contributed by atoms with Crippen molar-refractivity contribution >= 4 is 0 Å². The average Bonchev–Trinajstić information content (AvgIpc) is 3.04. The molecule has 116 valence electrons. The number of imidazole rings is 1. The van der Waals surface area contributed by atoms with Gasteiger partial charge in [-0.3, -0.25) is 0 Å². The summed E-state index contributed by atoms with van der Waals surface area (Å²) in [6.07, 6.45) is 3.24. The summed E-state index contributed by atoms with van der Waals surface area (Å²) in [5.41, 5.74) is 2.61. The third kappa shape index (κ3) is 1.68. The van der Waals surface area contributed by atoms with Gasteiger partial charge in [-0.1, -0.05) is 24.3 Å². The van der Waals surface area contributed by atoms with Gasteiger partial charge >= 0.3 is 0 Å². The van der Waals surface area contributed by atoms with Crippen LogP contribution in [0.15, 0.2) is 36.8 Å². The van der Waals surface area contributed by atoms with E-state index >= 15 is 0 Å². The quantitative estimate of drug-likeness (QED) is 0.880. The lowest BCUT2D eigenvalue weighted by molar-refractivity contribution is -0.0915. The molecule has 3 atom stereocenters. The van der Waals surface area contributed by atoms with Crippen LogP contribution in [0.5, 0.6) is 0 Å². The van der Waals surface area contributed by atoms with Gasteiger partial charge in [-0.05, 0) is 33.3 Å². The number of benzene rings is 1. The first-order valence-corrected chi connectivity index (χ1v) is 7.82. The first-order valence-electron chi connectivity index (χ1n) is 7.82. The van der Waals surface area contributed by atoms with Gasteiger partial charge in [-0.25, -0.2) is 4.98 Å². The smallest absolute Gasteiger partial charge is 0.0956 e. The van der Waals surface area contributed by atoms with Gasteiger partial charge in [0.1, 0.15) is 0 Å². The normalized spacial score (nSPS) is 31.0. The molecule has 1 saturated heterocycles. The standard InChI is InChI=1S/C18H22N2O2/c1-17(2)14(16(21)18(3,4)22-17)15-12-8-6-5-7-11(12)13-9-19-10-20(13)15/h5-10,14-16,21H,1-4H3. The van der Waals surface area contributed by atoms with Crippen molar-refractivity contribution in [2.24, 2.45) is 5.92 Å². The molecule has 1 fully saturated rings. The molecular formula is C18H22N2O2. The van der Waals surface area contributed by atoms with Crippen LogP contribution < -0.4 is 0 Å². The zero-order valence-electron chi connectivity index (χ0n) is 13.4. The molecule has 3 unspecified atom stereocenters. The summed E-state index contributed by atoms with van der Waals surface area (Å²) in [7, 11) is 0. The second kappa shape index (κ2) is 4.21. The zero-order valence-corrected chi connectivity index (χ0v) is 13.4. The van der Waals surface area contributed by atoms with E-state index in [4.69, 9.17) is 4.74 Å². The molecule has 1 aromatic carbocycles. The Kier molecular flexibility index (Phi) is 2.67. The largest absolute Gasteiger partial charge is 0.390 e. The highest BCUT2D eigenvalue weighted by molar-refractivity contribution is 5.69. The average molecular weight is 298 g/mol. The van der Waals surface area contributed by atoms with Gasteiger partial charge in [0.2, 0.25) is 0 Å². The molecule has 2 aliphatic heterocycles. The van der Waals surface area contributed by atoms with Crippen LogP contribution in [0.1, 0.15) is 39.3 Å². The van der Waals surface area contributed by atoms with Crippen LogP contribution in [0, 0.1) is 5.92 Å². The number of rotatable bonds is 1. The van der Waals surface area contributed by atoms with Crippen molar-refractivity contribution in [2.75, 3.05) is 0 Å². The maximum Gasteiger partial charge on any atom is 0.0956 e. The van der Waals surface area contributed by atoms with E-state index in [-0.39, 0.29) is 12.0 Å². The van der Waals surface area contributed by atoms with E-state index in [9.17, 15) is 5.11 Å². The van der Waals surface area contributed by atoms with Crippen molar-refractivity contribution in [1.82, 2.24) is 9.55 Å². The van der Waals surface area contributed by atoms with Crippen LogP contribution in [0.2, 0.25) is 0 Å². The van der Waals surface area contributed by atoms with Gasteiger partial charge in [0.15, 0.2) is 0 Å². The summed E-state index contributed by atoms with van der Waals surface area (Å²) in [5.74, 6) is -0.0286. The second-order valence-corrected chi connectivity index (χ2v) is 7.50. The van der Waals surface area contributed by atoms with Crippen molar-refractivity contribution in [3.05, 3.63) is 42.4 Å². The highest BCUT2D eigenvalue weighted by Crippen LogP contribution is 2.53. The molecule has 1 aromatic heterocycles. The van der Waals surface area contributed by atoms with Crippen molar-refractivity contribution < 1.29 is 9.84 Å². The summed E-state index contributed by atoms with van der Waals surface area (Å²) in [5, 5.41) is 10.9. The Morgan fingerprint density at radius 3 is 2.55 bits per heavy atom. The van der Waals surface area contributed by atoms with Crippen molar-refractivity contribution in [2.45, 2.75) is 51.0 Å². The predicted octanol–water partition coefficient (Wildman–Crippen LogP) is 3.02. The van der Waals surface area contributed by atoms with E-state index in [1.165, 1.54) is 11.1 Å². The lowest BCUT2D eigenvalue weighted by Gasteiger charge is -2.33. The minimum absolute atomic E-state index is 0.0286. The Hall–Kier alpha value is -1.65. The molecule has 4 heteroatoms. The minimum atomic E-state index is -0.549. The molecule has 22 heavy (non-hydrogen) atoms. The minimum Gasteiger partial charge on any atom is -0.390 e. The molecule has 2 aliphatic rings. The van der Waals surface area contributed by atoms with Crippen LogP contribution in [0.4, 0.5) is 0 Å². The fourth-order valence-electron chi connectivity index (χ4n) is 4.41. The van der Waals surface area contributed by atoms with E-state index in [2.05, 4.69) is 47.7 Å². The summed E-state index contributed by atoms with van der Waals surface area (Å²) in [4.78, 5) is 4.31. The Morgan fingerprint density at radius 1 is 1.14 bits per heavy atom. The summed E-state index contributed by atoms with van der Waals surface area (Å²) < 4.78 is 8.38. The molecule has 0 spiro atoms. The van der Waals surface area contributed by atoms with Gasteiger partial charge in [-0.2, -0.15) is 0 Å². The fraction of sp³-hybridized carbons (Fsp3) is 0.500. The Morgan fingerprint density at radius 2 is 1.86 bits per heavy atom. The second-order valence-electron chi connectivity index (χ2n) is 7.50. The number of ether oxygens (including phenoxy) is 1. The number of hydrogen-bond donors (Lipinski definition) is 1. The lowest BCUT2D eigenvalue weighted by atomic mass is 9.77. The summed E-state index contributed by atoms with van der Waals surface area (Å²) >= 11 is 0. The van der Waals surface area contributed by atoms with Crippen LogP contribution in [-0.4, -0.2) is 32.0 Å². The van der Waals surface area contributed by atoms with Gasteiger partial charge in [-0.15, -0.1) is 0 Å². The number of hydrogen-bond acceptors (Lipinski definition) is 3. The van der Waals surface area contributed by atoms with E-state index in [0.29, 0.717) is 0 Å². The summed E-state index contributed by atoms with van der Waals surface area (Å²) in [6.45, 7) is 8.09. The molecule has 0 bridgehead atoms. The first kappa shape index (κ1) is 14.0. The van der Waals surface area contributed by atoms with Crippen molar-refractivity contribution in [1.29, 1.82) is 0 Å². The summed E-state index contributed by atoms with van der Waals surface area (Å²) in [6, 6.07) is 8.45. The van der Waals surface area contributed by atoms with Crippen LogP contribution in [0.3, 0.4) is 0 Å². The predicted molar refractivity (Wildman–Crippen MR) is 84.5 cm³/mol. The lowest BCUT2D eigenvalue weighted by Crippen LogP contribution is -2.40. The third-order valence-corrected chi connectivity index (χ3v) is 5.24. The first-order chi connectivity index (χ1) is 10.3. The maximum atomic E-state index is 10.9. The molecule has 4 rings (SSSR count). The Balaban J connectivity index is 1.90. The monoisotopic (exact) mass is 298 g/mol. The molecule has 0 aliphatic carbocycles. The molecule has 0 saturated carbocycles. The van der Waals surface area contributed by atoms with Gasteiger partial charge in [0, 0.05) is 11.5 Å². The van der Waals surface area contributed by atoms with Crippen molar-refractivity contribution in [3.8, 4) is 11.3 Å². The highest BCUT2D eigenvalue weighted by Gasteiger charge is 2.58.